The van der Waals surface area contributed by atoms with Crippen molar-refractivity contribution in [1.29, 1.82) is 0 Å². The Balaban J connectivity index is 1.14. The molecule has 2 heterocycles. The maximum Gasteiger partial charge on any atom is 0.325 e. The highest BCUT2D eigenvalue weighted by Gasteiger charge is 2.38. The topological polar surface area (TPSA) is 55.9 Å². The Kier molecular flexibility index (Phi) is 7.21. The molecular formula is C29H32N4O2. The van der Waals surface area contributed by atoms with Crippen molar-refractivity contribution in [3.63, 3.8) is 0 Å². The molecule has 0 spiro atoms. The van der Waals surface area contributed by atoms with Crippen molar-refractivity contribution in [3.8, 4) is 0 Å². The summed E-state index contributed by atoms with van der Waals surface area (Å²) in [4.78, 5) is 31.6. The summed E-state index contributed by atoms with van der Waals surface area (Å²) in [6.45, 7) is 5.24. The molecule has 3 aromatic carbocycles. The van der Waals surface area contributed by atoms with Gasteiger partial charge >= 0.3 is 6.03 Å². The van der Waals surface area contributed by atoms with Gasteiger partial charge in [-0.25, -0.2) is 4.79 Å². The van der Waals surface area contributed by atoms with Crippen molar-refractivity contribution in [1.82, 2.24) is 20.0 Å². The van der Waals surface area contributed by atoms with Crippen molar-refractivity contribution in [3.05, 3.63) is 108 Å². The number of hydrogen-bond donors (Lipinski definition) is 1. The lowest BCUT2D eigenvalue weighted by molar-refractivity contribution is -0.127. The molecule has 1 unspecified atom stereocenters. The minimum atomic E-state index is -0.569. The first-order valence-electron chi connectivity index (χ1n) is 12.4. The van der Waals surface area contributed by atoms with Gasteiger partial charge < -0.3 is 10.2 Å². The van der Waals surface area contributed by atoms with E-state index in [1.165, 1.54) is 16.0 Å². The lowest BCUT2D eigenvalue weighted by Crippen LogP contribution is -2.48. The molecule has 2 aliphatic rings. The maximum absolute atomic E-state index is 12.8. The van der Waals surface area contributed by atoms with Crippen LogP contribution >= 0.6 is 0 Å². The molecule has 0 aliphatic carbocycles. The van der Waals surface area contributed by atoms with Crippen LogP contribution in [0.25, 0.3) is 0 Å². The van der Waals surface area contributed by atoms with E-state index in [1.54, 1.807) is 0 Å². The third-order valence-electron chi connectivity index (χ3n) is 7.02. The molecule has 2 fully saturated rings. The predicted octanol–water partition coefficient (Wildman–Crippen LogP) is 4.08. The smallest absolute Gasteiger partial charge is 0.322 e. The van der Waals surface area contributed by atoms with Gasteiger partial charge in [0.2, 0.25) is 0 Å². The second kappa shape index (κ2) is 10.8. The maximum atomic E-state index is 12.8. The Morgan fingerprint density at radius 2 is 1.26 bits per heavy atom. The number of hydrogen-bond acceptors (Lipinski definition) is 4. The summed E-state index contributed by atoms with van der Waals surface area (Å²) in [6.07, 6.45) is 0.779. The molecule has 0 saturated carbocycles. The van der Waals surface area contributed by atoms with Gasteiger partial charge in [0.1, 0.15) is 6.04 Å². The quantitative estimate of drug-likeness (QED) is 0.506. The average molecular weight is 469 g/mol. The summed E-state index contributed by atoms with van der Waals surface area (Å²) in [7, 11) is 0. The Hall–Kier alpha value is -3.48. The number of piperazine rings is 1. The molecule has 6 nitrogen and oxygen atoms in total. The zero-order chi connectivity index (χ0) is 24.0. The minimum absolute atomic E-state index is 0.153. The van der Waals surface area contributed by atoms with Gasteiger partial charge in [-0.05, 0) is 29.7 Å². The fraction of sp³-hybridized carbons (Fsp3) is 0.310. The number of imide groups is 1. The molecule has 2 saturated heterocycles. The van der Waals surface area contributed by atoms with E-state index < -0.39 is 6.04 Å². The van der Waals surface area contributed by atoms with E-state index in [4.69, 9.17) is 0 Å². The first kappa shape index (κ1) is 23.3. The van der Waals surface area contributed by atoms with Crippen LogP contribution in [-0.4, -0.2) is 65.9 Å². The van der Waals surface area contributed by atoms with Crippen LogP contribution in [0.4, 0.5) is 4.79 Å². The summed E-state index contributed by atoms with van der Waals surface area (Å²) >= 11 is 0. The van der Waals surface area contributed by atoms with Gasteiger partial charge in [-0.2, -0.15) is 0 Å². The van der Waals surface area contributed by atoms with Crippen LogP contribution in [-0.2, 0) is 4.79 Å². The largest absolute Gasteiger partial charge is 0.325 e. The third kappa shape index (κ3) is 5.29. The molecular weight excluding hydrogens is 436 g/mol. The van der Waals surface area contributed by atoms with Crippen molar-refractivity contribution in [2.75, 3.05) is 39.3 Å². The Labute approximate surface area is 207 Å². The summed E-state index contributed by atoms with van der Waals surface area (Å²) in [5, 5.41) is 2.83. The van der Waals surface area contributed by atoms with Crippen molar-refractivity contribution in [2.45, 2.75) is 18.5 Å². The summed E-state index contributed by atoms with van der Waals surface area (Å²) < 4.78 is 0. The fourth-order valence-corrected chi connectivity index (χ4v) is 5.18. The number of benzene rings is 3. The van der Waals surface area contributed by atoms with Crippen LogP contribution in [0.3, 0.4) is 0 Å². The molecule has 3 aromatic rings. The van der Waals surface area contributed by atoms with Crippen LogP contribution in [0.15, 0.2) is 91.0 Å². The second-order valence-corrected chi connectivity index (χ2v) is 9.24. The number of nitrogens with one attached hydrogen (secondary N) is 1. The third-order valence-corrected chi connectivity index (χ3v) is 7.02. The van der Waals surface area contributed by atoms with Gasteiger partial charge in [-0.3, -0.25) is 14.6 Å². The minimum Gasteiger partial charge on any atom is -0.322 e. The molecule has 2 aliphatic heterocycles. The Morgan fingerprint density at radius 1 is 0.714 bits per heavy atom. The lowest BCUT2D eigenvalue weighted by Gasteiger charge is -2.40. The van der Waals surface area contributed by atoms with Gasteiger partial charge in [0.05, 0.1) is 6.04 Å². The van der Waals surface area contributed by atoms with Crippen LogP contribution in [0, 0.1) is 0 Å². The highest BCUT2D eigenvalue weighted by atomic mass is 16.2. The predicted molar refractivity (Wildman–Crippen MR) is 137 cm³/mol. The molecule has 1 atom stereocenters. The van der Waals surface area contributed by atoms with Crippen LogP contribution in [0.5, 0.6) is 0 Å². The fourth-order valence-electron chi connectivity index (χ4n) is 5.18. The Morgan fingerprint density at radius 3 is 1.83 bits per heavy atom. The Bertz CT molecular complexity index is 1080. The van der Waals surface area contributed by atoms with Gasteiger partial charge in [0, 0.05) is 32.7 Å². The number of carbonyl (C=O) groups is 2. The first-order valence-corrected chi connectivity index (χ1v) is 12.4. The van der Waals surface area contributed by atoms with Gasteiger partial charge in [-0.1, -0.05) is 91.0 Å². The van der Waals surface area contributed by atoms with E-state index in [2.05, 4.69) is 75.8 Å². The molecule has 0 aromatic heterocycles. The normalized spacial score (nSPS) is 19.3. The zero-order valence-corrected chi connectivity index (χ0v) is 19.9. The van der Waals surface area contributed by atoms with E-state index in [0.717, 1.165) is 44.7 Å². The molecule has 6 heteroatoms. The van der Waals surface area contributed by atoms with Gasteiger partial charge in [0.25, 0.3) is 5.91 Å². The summed E-state index contributed by atoms with van der Waals surface area (Å²) in [5.74, 6) is -0.153. The lowest BCUT2D eigenvalue weighted by atomic mass is 9.96. The van der Waals surface area contributed by atoms with E-state index in [1.807, 2.05) is 30.3 Å². The molecule has 5 rings (SSSR count). The molecule has 35 heavy (non-hydrogen) atoms. The monoisotopic (exact) mass is 468 g/mol. The first-order chi connectivity index (χ1) is 17.2. The number of amides is 3. The van der Waals surface area contributed by atoms with Crippen molar-refractivity contribution >= 4 is 11.9 Å². The SMILES string of the molecule is O=C1NC(c2ccccc2)C(=O)N1CCCN1CCN(C(c2ccccc2)c2ccccc2)CC1. The van der Waals surface area contributed by atoms with Crippen molar-refractivity contribution in [2.24, 2.45) is 0 Å². The standard InChI is InChI=1S/C29H32N4O2/c34-28-26(23-11-4-1-5-12-23)30-29(35)33(28)18-10-17-31-19-21-32(22-20-31)27(24-13-6-2-7-14-24)25-15-8-3-9-16-25/h1-9,11-16,26-27H,10,17-22H2,(H,30,35). The van der Waals surface area contributed by atoms with E-state index >= 15 is 0 Å². The van der Waals surface area contributed by atoms with Gasteiger partial charge in [-0.15, -0.1) is 0 Å². The van der Waals surface area contributed by atoms with Gasteiger partial charge in [0.15, 0.2) is 0 Å². The van der Waals surface area contributed by atoms with E-state index in [9.17, 15) is 9.59 Å². The van der Waals surface area contributed by atoms with Crippen molar-refractivity contribution < 1.29 is 9.59 Å². The van der Waals surface area contributed by atoms with Crippen LogP contribution < -0.4 is 5.32 Å². The van der Waals surface area contributed by atoms with Crippen LogP contribution in [0.1, 0.15) is 35.2 Å². The molecule has 3 amide bonds. The number of rotatable bonds is 8. The number of urea groups is 1. The highest BCUT2D eigenvalue weighted by molar-refractivity contribution is 6.04. The summed E-state index contributed by atoms with van der Waals surface area (Å²) in [6, 6.07) is 30.3. The number of nitrogens with zero attached hydrogens (tertiary/aromatic N) is 3. The zero-order valence-electron chi connectivity index (χ0n) is 19.9. The molecule has 180 valence electrons. The molecule has 0 bridgehead atoms. The van der Waals surface area contributed by atoms with Crippen LogP contribution in [0.2, 0.25) is 0 Å². The molecule has 1 N–H and O–H groups in total. The summed E-state index contributed by atoms with van der Waals surface area (Å²) in [5.41, 5.74) is 3.47. The van der Waals surface area contributed by atoms with E-state index in [0.29, 0.717) is 6.54 Å². The highest BCUT2D eigenvalue weighted by Crippen LogP contribution is 2.29. The number of carbonyl (C=O) groups excluding carboxylic acids is 2. The second-order valence-electron chi connectivity index (χ2n) is 9.24. The van der Waals surface area contributed by atoms with E-state index in [-0.39, 0.29) is 18.0 Å². The average Bonchev–Trinajstić information content (AvgIpc) is 3.20. The molecule has 0 radical (unpaired) electrons.